The van der Waals surface area contributed by atoms with Crippen LogP contribution in [0, 0.1) is 0 Å². The zero-order chi connectivity index (χ0) is 9.68. The van der Waals surface area contributed by atoms with Gasteiger partial charge in [0.25, 0.3) is 0 Å². The average Bonchev–Trinajstić information content (AvgIpc) is 2.17. The molecule has 1 aromatic rings. The molecule has 0 aliphatic heterocycles. The molecule has 0 spiro atoms. The molecule has 1 heterocycles. The molecule has 1 aromatic heterocycles. The highest BCUT2D eigenvalue weighted by Crippen LogP contribution is 2.04. The molecule has 0 amide bonds. The molecule has 1 rings (SSSR count). The summed E-state index contributed by atoms with van der Waals surface area (Å²) in [5, 5.41) is 0. The molecule has 72 valence electrons. The van der Waals surface area contributed by atoms with Crippen LogP contribution in [-0.2, 0) is 6.54 Å². The topological polar surface area (TPSA) is 42.1 Å². The van der Waals surface area contributed by atoms with Gasteiger partial charge in [0, 0.05) is 12.7 Å². The van der Waals surface area contributed by atoms with E-state index >= 15 is 0 Å². The largest absolute Gasteiger partial charge is 0.384 e. The van der Waals surface area contributed by atoms with Crippen LogP contribution in [-0.4, -0.2) is 23.0 Å². The lowest BCUT2D eigenvalue weighted by Crippen LogP contribution is -2.22. The molecule has 3 nitrogen and oxygen atoms in total. The van der Waals surface area contributed by atoms with Gasteiger partial charge in [0.2, 0.25) is 0 Å². The first-order valence-electron chi connectivity index (χ1n) is 4.69. The minimum absolute atomic E-state index is 0.586. The van der Waals surface area contributed by atoms with Crippen molar-refractivity contribution in [2.24, 2.45) is 0 Å². The molecule has 0 bridgehead atoms. The Morgan fingerprint density at radius 2 is 2.00 bits per heavy atom. The van der Waals surface area contributed by atoms with Gasteiger partial charge >= 0.3 is 0 Å². The summed E-state index contributed by atoms with van der Waals surface area (Å²) in [5.41, 5.74) is 6.72. The molecule has 0 unspecified atom stereocenters. The van der Waals surface area contributed by atoms with E-state index < -0.39 is 0 Å². The molecule has 0 saturated heterocycles. The van der Waals surface area contributed by atoms with Crippen LogP contribution < -0.4 is 5.73 Å². The van der Waals surface area contributed by atoms with E-state index in [0.29, 0.717) is 5.82 Å². The van der Waals surface area contributed by atoms with E-state index in [1.54, 1.807) is 0 Å². The molecule has 0 fully saturated rings. The number of hydrogen-bond donors (Lipinski definition) is 1. The number of aromatic nitrogens is 1. The van der Waals surface area contributed by atoms with Crippen LogP contribution in [0.4, 0.5) is 5.82 Å². The summed E-state index contributed by atoms with van der Waals surface area (Å²) in [6, 6.07) is 3.87. The van der Waals surface area contributed by atoms with Gasteiger partial charge in [-0.05, 0) is 24.7 Å². The number of anilines is 1. The van der Waals surface area contributed by atoms with Crippen LogP contribution in [0.15, 0.2) is 18.3 Å². The Bertz CT molecular complexity index is 239. The van der Waals surface area contributed by atoms with E-state index in [1.165, 1.54) is 5.56 Å². The number of rotatable bonds is 4. The number of nitrogens with two attached hydrogens (primary N) is 1. The van der Waals surface area contributed by atoms with Crippen LogP contribution in [0.25, 0.3) is 0 Å². The molecule has 0 saturated carbocycles. The fraction of sp³-hybridized carbons (Fsp3) is 0.500. The minimum atomic E-state index is 0.586. The molecule has 0 aromatic carbocycles. The van der Waals surface area contributed by atoms with E-state index in [4.69, 9.17) is 5.73 Å². The molecule has 0 aliphatic rings. The fourth-order valence-corrected chi connectivity index (χ4v) is 1.23. The van der Waals surface area contributed by atoms with Crippen LogP contribution in [0.5, 0.6) is 0 Å². The molecule has 13 heavy (non-hydrogen) atoms. The van der Waals surface area contributed by atoms with Crippen molar-refractivity contribution in [3.63, 3.8) is 0 Å². The second-order valence-electron chi connectivity index (χ2n) is 3.05. The highest BCUT2D eigenvalue weighted by atomic mass is 15.1. The third-order valence-electron chi connectivity index (χ3n) is 2.15. The van der Waals surface area contributed by atoms with E-state index in [-0.39, 0.29) is 0 Å². The third-order valence-corrected chi connectivity index (χ3v) is 2.15. The highest BCUT2D eigenvalue weighted by Gasteiger charge is 2.00. The van der Waals surface area contributed by atoms with Gasteiger partial charge in [-0.25, -0.2) is 4.98 Å². The van der Waals surface area contributed by atoms with Crippen molar-refractivity contribution in [2.75, 3.05) is 18.8 Å². The van der Waals surface area contributed by atoms with Gasteiger partial charge in [-0.1, -0.05) is 19.9 Å². The van der Waals surface area contributed by atoms with Crippen LogP contribution in [0.3, 0.4) is 0 Å². The van der Waals surface area contributed by atoms with Crippen LogP contribution in [0.2, 0.25) is 0 Å². The van der Waals surface area contributed by atoms with Crippen molar-refractivity contribution < 1.29 is 0 Å². The maximum absolute atomic E-state index is 5.50. The van der Waals surface area contributed by atoms with Gasteiger partial charge in [-0.15, -0.1) is 0 Å². The van der Waals surface area contributed by atoms with Gasteiger partial charge in [-0.2, -0.15) is 0 Å². The zero-order valence-electron chi connectivity index (χ0n) is 8.33. The number of hydrogen-bond acceptors (Lipinski definition) is 3. The summed E-state index contributed by atoms with van der Waals surface area (Å²) >= 11 is 0. The lowest BCUT2D eigenvalue weighted by molar-refractivity contribution is 0.295. The normalized spacial score (nSPS) is 10.7. The zero-order valence-corrected chi connectivity index (χ0v) is 8.33. The Hall–Kier alpha value is -1.09. The van der Waals surface area contributed by atoms with Crippen molar-refractivity contribution in [3.8, 4) is 0 Å². The van der Waals surface area contributed by atoms with Crippen molar-refractivity contribution in [1.82, 2.24) is 9.88 Å². The smallest absolute Gasteiger partial charge is 0.123 e. The van der Waals surface area contributed by atoms with Crippen molar-refractivity contribution in [2.45, 2.75) is 20.4 Å². The third kappa shape index (κ3) is 3.03. The Balaban J connectivity index is 2.58. The first kappa shape index (κ1) is 9.99. The summed E-state index contributed by atoms with van der Waals surface area (Å²) in [6.45, 7) is 7.42. The average molecular weight is 179 g/mol. The van der Waals surface area contributed by atoms with Gasteiger partial charge in [0.05, 0.1) is 0 Å². The molecule has 0 atom stereocenters. The predicted molar refractivity (Wildman–Crippen MR) is 55.3 cm³/mol. The molecular formula is C10H17N3. The van der Waals surface area contributed by atoms with Gasteiger partial charge in [0.1, 0.15) is 5.82 Å². The van der Waals surface area contributed by atoms with Crippen molar-refractivity contribution >= 4 is 5.82 Å². The van der Waals surface area contributed by atoms with Crippen molar-refractivity contribution in [3.05, 3.63) is 23.9 Å². The molecule has 0 aliphatic carbocycles. The van der Waals surface area contributed by atoms with E-state index in [0.717, 1.165) is 19.6 Å². The first-order chi connectivity index (χ1) is 6.26. The Labute approximate surface area is 79.6 Å². The highest BCUT2D eigenvalue weighted by molar-refractivity contribution is 5.29. The molecular weight excluding hydrogens is 162 g/mol. The summed E-state index contributed by atoms with van der Waals surface area (Å²) in [7, 11) is 0. The molecule has 3 heteroatoms. The minimum Gasteiger partial charge on any atom is -0.384 e. The lowest BCUT2D eigenvalue weighted by Gasteiger charge is -2.17. The number of nitrogen functional groups attached to an aromatic ring is 1. The number of nitrogens with zero attached hydrogens (tertiary/aromatic N) is 2. The van der Waals surface area contributed by atoms with Gasteiger partial charge in [-0.3, -0.25) is 4.90 Å². The first-order valence-corrected chi connectivity index (χ1v) is 4.69. The maximum atomic E-state index is 5.50. The summed E-state index contributed by atoms with van der Waals surface area (Å²) in [6.07, 6.45) is 1.84. The Morgan fingerprint density at radius 3 is 2.46 bits per heavy atom. The summed E-state index contributed by atoms with van der Waals surface area (Å²) in [4.78, 5) is 6.39. The SMILES string of the molecule is CCN(CC)Cc1ccc(N)nc1. The monoisotopic (exact) mass is 179 g/mol. The predicted octanol–water partition coefficient (Wildman–Crippen LogP) is 1.51. The van der Waals surface area contributed by atoms with Crippen LogP contribution in [0.1, 0.15) is 19.4 Å². The number of pyridine rings is 1. The molecule has 0 radical (unpaired) electrons. The van der Waals surface area contributed by atoms with Gasteiger partial charge in [0.15, 0.2) is 0 Å². The second kappa shape index (κ2) is 4.82. The quantitative estimate of drug-likeness (QED) is 0.761. The van der Waals surface area contributed by atoms with Gasteiger partial charge < -0.3 is 5.73 Å². The van der Waals surface area contributed by atoms with Crippen LogP contribution >= 0.6 is 0 Å². The molecule has 2 N–H and O–H groups in total. The van der Waals surface area contributed by atoms with E-state index in [1.807, 2.05) is 18.3 Å². The fourth-order valence-electron chi connectivity index (χ4n) is 1.23. The van der Waals surface area contributed by atoms with E-state index in [9.17, 15) is 0 Å². The Morgan fingerprint density at radius 1 is 1.31 bits per heavy atom. The summed E-state index contributed by atoms with van der Waals surface area (Å²) < 4.78 is 0. The lowest BCUT2D eigenvalue weighted by atomic mass is 10.2. The standard InChI is InChI=1S/C10H17N3/c1-3-13(4-2)8-9-5-6-10(11)12-7-9/h5-7H,3-4,8H2,1-2H3,(H2,11,12). The Kier molecular flexibility index (Phi) is 3.71. The second-order valence-corrected chi connectivity index (χ2v) is 3.05. The summed E-state index contributed by atoms with van der Waals surface area (Å²) in [5.74, 6) is 0.586. The van der Waals surface area contributed by atoms with Crippen molar-refractivity contribution in [1.29, 1.82) is 0 Å². The maximum Gasteiger partial charge on any atom is 0.123 e. The van der Waals surface area contributed by atoms with E-state index in [2.05, 4.69) is 23.7 Å².